The van der Waals surface area contributed by atoms with Crippen LogP contribution in [-0.4, -0.2) is 34.7 Å². The highest BCUT2D eigenvalue weighted by molar-refractivity contribution is 5.86. The zero-order chi connectivity index (χ0) is 20.9. The zero-order valence-corrected chi connectivity index (χ0v) is 20.0. The lowest BCUT2D eigenvalue weighted by atomic mass is 9.80. The largest absolute Gasteiger partial charge is 0.477 e. The highest BCUT2D eigenvalue weighted by Crippen LogP contribution is 2.40. The van der Waals surface area contributed by atoms with Gasteiger partial charge in [-0.2, -0.15) is 0 Å². The van der Waals surface area contributed by atoms with E-state index in [1.54, 1.807) is 17.8 Å². The monoisotopic (exact) mass is 477 g/mol. The van der Waals surface area contributed by atoms with Gasteiger partial charge in [0.15, 0.2) is 0 Å². The number of nitrogens with one attached hydrogen (secondary N) is 2. The van der Waals surface area contributed by atoms with Crippen LogP contribution in [0.25, 0.3) is 6.08 Å². The van der Waals surface area contributed by atoms with Crippen LogP contribution in [0.15, 0.2) is 54.2 Å². The Balaban J connectivity index is 0.00000181. The highest BCUT2D eigenvalue weighted by atomic mass is 35.5. The van der Waals surface area contributed by atoms with Gasteiger partial charge in [0, 0.05) is 24.8 Å². The lowest BCUT2D eigenvalue weighted by molar-refractivity contribution is 0.0690. The van der Waals surface area contributed by atoms with E-state index >= 15 is 0 Å². The Kier molecular flexibility index (Phi) is 10.2. The second-order valence-corrected chi connectivity index (χ2v) is 8.61. The van der Waals surface area contributed by atoms with Crippen molar-refractivity contribution in [1.29, 1.82) is 0 Å². The fourth-order valence-corrected chi connectivity index (χ4v) is 4.37. The van der Waals surface area contributed by atoms with Crippen LogP contribution in [0.4, 0.5) is 0 Å². The Morgan fingerprint density at radius 3 is 2.47 bits per heavy atom. The molecule has 2 aromatic rings. The number of hydrogen-bond donors (Lipinski definition) is 3. The summed E-state index contributed by atoms with van der Waals surface area (Å²) in [6.45, 7) is 4.11. The van der Waals surface area contributed by atoms with Gasteiger partial charge in [-0.15, -0.1) is 24.8 Å². The average molecular weight is 478 g/mol. The first-order valence-corrected chi connectivity index (χ1v) is 11.0. The minimum Gasteiger partial charge on any atom is -0.477 e. The van der Waals surface area contributed by atoms with Gasteiger partial charge in [-0.25, -0.2) is 9.78 Å². The van der Waals surface area contributed by atoms with E-state index in [4.69, 9.17) is 5.11 Å². The molecule has 4 rings (SSSR count). The maximum atomic E-state index is 10.9. The Hall–Kier alpha value is -1.92. The van der Waals surface area contributed by atoms with Gasteiger partial charge in [-0.3, -0.25) is 0 Å². The van der Waals surface area contributed by atoms with E-state index in [1.807, 2.05) is 6.07 Å². The number of carbonyl (C=O) groups is 1. The number of benzene rings is 1. The molecule has 0 bridgehead atoms. The molecule has 2 saturated carbocycles. The smallest absolute Gasteiger partial charge is 0.354 e. The maximum absolute atomic E-state index is 10.9. The Morgan fingerprint density at radius 1 is 1.09 bits per heavy atom. The number of aromatic nitrogens is 1. The molecule has 0 aliphatic heterocycles. The number of aromatic carboxylic acids is 1. The molecule has 2 atom stereocenters. The predicted octanol–water partition coefficient (Wildman–Crippen LogP) is 4.96. The third-order valence-corrected chi connectivity index (χ3v) is 6.37. The molecule has 2 fully saturated rings. The number of rotatable bonds is 10. The molecule has 5 nitrogen and oxygen atoms in total. The second-order valence-electron chi connectivity index (χ2n) is 8.61. The van der Waals surface area contributed by atoms with E-state index in [0.29, 0.717) is 18.0 Å². The van der Waals surface area contributed by atoms with Gasteiger partial charge in [0.2, 0.25) is 0 Å². The number of carboxylic acid groups (broad SMARTS) is 1. The van der Waals surface area contributed by atoms with Crippen LogP contribution in [0.5, 0.6) is 0 Å². The van der Waals surface area contributed by atoms with Crippen LogP contribution in [0.1, 0.15) is 54.2 Å². The van der Waals surface area contributed by atoms with E-state index in [2.05, 4.69) is 58.9 Å². The SMILES string of the molecule is CCC(=Cc1ccccc1)C1C[C@@H]1NCC1CC(NCc2ccc(C(=O)O)nc2)C1.Cl.Cl. The standard InChI is InChI=1S/C25H31N3O2.2ClH/c1-2-20(10-17-6-4-3-5-7-17)22-13-24(22)28-16-19-11-21(12-19)26-14-18-8-9-23(25(29)30)27-15-18;;/h3-10,15,19,21-22,24,26,28H,2,11-14,16H2,1H3,(H,29,30);2*1H/t19?,21?,22?,24-;;/m0../s1. The summed E-state index contributed by atoms with van der Waals surface area (Å²) in [4.78, 5) is 14.8. The maximum Gasteiger partial charge on any atom is 0.354 e. The number of halogens is 2. The summed E-state index contributed by atoms with van der Waals surface area (Å²) < 4.78 is 0. The molecule has 1 unspecified atom stereocenters. The van der Waals surface area contributed by atoms with E-state index in [9.17, 15) is 4.79 Å². The molecule has 0 spiro atoms. The first-order valence-electron chi connectivity index (χ1n) is 11.0. The minimum atomic E-state index is -0.983. The number of nitrogens with zero attached hydrogens (tertiary/aromatic N) is 1. The normalized spacial score (nSPS) is 24.0. The summed E-state index contributed by atoms with van der Waals surface area (Å²) in [7, 11) is 0. The van der Waals surface area contributed by atoms with E-state index < -0.39 is 5.97 Å². The molecule has 2 aliphatic rings. The number of pyridine rings is 1. The quantitative estimate of drug-likeness (QED) is 0.450. The Labute approximate surface area is 202 Å². The minimum absolute atomic E-state index is 0. The van der Waals surface area contributed by atoms with Crippen LogP contribution in [0.3, 0.4) is 0 Å². The van der Waals surface area contributed by atoms with E-state index in [0.717, 1.165) is 31.0 Å². The van der Waals surface area contributed by atoms with Crippen molar-refractivity contribution in [2.45, 2.75) is 51.2 Å². The lowest BCUT2D eigenvalue weighted by Gasteiger charge is -2.36. The first kappa shape index (κ1) is 26.3. The third-order valence-electron chi connectivity index (χ3n) is 6.37. The van der Waals surface area contributed by atoms with Crippen molar-refractivity contribution in [3.05, 3.63) is 71.1 Å². The molecule has 0 radical (unpaired) electrons. The molecule has 7 heteroatoms. The Bertz CT molecular complexity index is 884. The lowest BCUT2D eigenvalue weighted by Crippen LogP contribution is -2.44. The van der Waals surface area contributed by atoms with Crippen molar-refractivity contribution in [1.82, 2.24) is 15.6 Å². The van der Waals surface area contributed by atoms with Gasteiger partial charge >= 0.3 is 5.97 Å². The van der Waals surface area contributed by atoms with Crippen molar-refractivity contribution in [3.8, 4) is 0 Å². The van der Waals surface area contributed by atoms with Gasteiger partial charge in [0.05, 0.1) is 0 Å². The molecule has 174 valence electrons. The van der Waals surface area contributed by atoms with Crippen molar-refractivity contribution in [2.75, 3.05) is 6.54 Å². The molecule has 3 N–H and O–H groups in total. The van der Waals surface area contributed by atoms with E-state index in [1.165, 1.54) is 24.8 Å². The van der Waals surface area contributed by atoms with E-state index in [-0.39, 0.29) is 30.5 Å². The van der Waals surface area contributed by atoms with Gasteiger partial charge in [0.1, 0.15) is 5.69 Å². The predicted molar refractivity (Wildman–Crippen MR) is 134 cm³/mol. The molecule has 32 heavy (non-hydrogen) atoms. The van der Waals surface area contributed by atoms with Gasteiger partial charge < -0.3 is 15.7 Å². The van der Waals surface area contributed by atoms with Crippen LogP contribution >= 0.6 is 24.8 Å². The summed E-state index contributed by atoms with van der Waals surface area (Å²) >= 11 is 0. The molecule has 0 amide bonds. The molecule has 0 saturated heterocycles. The van der Waals surface area contributed by atoms with Gasteiger partial charge in [0.25, 0.3) is 0 Å². The fraction of sp³-hybridized carbons (Fsp3) is 0.440. The summed E-state index contributed by atoms with van der Waals surface area (Å²) in [5, 5.41) is 16.2. The van der Waals surface area contributed by atoms with Crippen molar-refractivity contribution >= 4 is 36.9 Å². The van der Waals surface area contributed by atoms with Crippen molar-refractivity contribution < 1.29 is 9.90 Å². The van der Waals surface area contributed by atoms with Gasteiger partial charge in [-0.05, 0) is 61.3 Å². The summed E-state index contributed by atoms with van der Waals surface area (Å²) in [5.41, 5.74) is 3.99. The fourth-order valence-electron chi connectivity index (χ4n) is 4.37. The topological polar surface area (TPSA) is 74.2 Å². The number of hydrogen-bond acceptors (Lipinski definition) is 4. The molecule has 1 aromatic carbocycles. The zero-order valence-electron chi connectivity index (χ0n) is 18.4. The average Bonchev–Trinajstić information content (AvgIpc) is 3.51. The third kappa shape index (κ3) is 7.04. The van der Waals surface area contributed by atoms with Gasteiger partial charge in [-0.1, -0.05) is 55.0 Å². The van der Waals surface area contributed by atoms with Crippen molar-refractivity contribution in [3.63, 3.8) is 0 Å². The molecule has 2 aliphatic carbocycles. The van der Waals surface area contributed by atoms with Crippen LogP contribution in [0.2, 0.25) is 0 Å². The summed E-state index contributed by atoms with van der Waals surface area (Å²) in [5.74, 6) is 0.466. The van der Waals surface area contributed by atoms with Crippen LogP contribution < -0.4 is 10.6 Å². The molecular formula is C25H33Cl2N3O2. The highest BCUT2D eigenvalue weighted by Gasteiger charge is 2.39. The van der Waals surface area contributed by atoms with Crippen LogP contribution in [-0.2, 0) is 6.54 Å². The Morgan fingerprint density at radius 2 is 1.84 bits per heavy atom. The summed E-state index contributed by atoms with van der Waals surface area (Å²) in [6, 6.07) is 15.2. The first-order chi connectivity index (χ1) is 14.6. The van der Waals surface area contributed by atoms with Crippen molar-refractivity contribution in [2.24, 2.45) is 11.8 Å². The van der Waals surface area contributed by atoms with Crippen LogP contribution in [0, 0.1) is 11.8 Å². The molecule has 1 heterocycles. The second kappa shape index (κ2) is 12.4. The number of carboxylic acids is 1. The summed E-state index contributed by atoms with van der Waals surface area (Å²) in [6.07, 6.45) is 8.80. The molecular weight excluding hydrogens is 445 g/mol. The molecule has 1 aromatic heterocycles.